The zero-order valence-electron chi connectivity index (χ0n) is 23.0. The Balaban J connectivity index is 0.000000579. The van der Waals surface area contributed by atoms with Gasteiger partial charge in [-0.2, -0.15) is 0 Å². The summed E-state index contributed by atoms with van der Waals surface area (Å²) in [6.45, 7) is 18.2. The van der Waals surface area contributed by atoms with Crippen LogP contribution in [0.15, 0.2) is 30.3 Å². The van der Waals surface area contributed by atoms with E-state index in [1.807, 2.05) is 37.3 Å². The molecular weight excluding hydrogens is 446 g/mol. The lowest BCUT2D eigenvalue weighted by Crippen LogP contribution is -2.42. The summed E-state index contributed by atoms with van der Waals surface area (Å²) < 4.78 is 11.0. The number of hydrogen-bond donors (Lipinski definition) is 1. The molecule has 1 aliphatic rings. The molecule has 1 fully saturated rings. The van der Waals surface area contributed by atoms with E-state index >= 15 is 0 Å². The Bertz CT molecular complexity index is 812. The monoisotopic (exact) mass is 491 g/mol. The van der Waals surface area contributed by atoms with Gasteiger partial charge in [0.25, 0.3) is 0 Å². The van der Waals surface area contributed by atoms with E-state index in [1.165, 1.54) is 0 Å². The van der Waals surface area contributed by atoms with Gasteiger partial charge in [-0.3, -0.25) is 9.59 Å². The highest BCUT2D eigenvalue weighted by Gasteiger charge is 2.45. The normalized spacial score (nSPS) is 19.9. The molecule has 1 aromatic rings. The summed E-state index contributed by atoms with van der Waals surface area (Å²) in [5.74, 6) is -2.00. The first-order valence-corrected chi connectivity index (χ1v) is 12.6. The van der Waals surface area contributed by atoms with Crippen molar-refractivity contribution in [3.05, 3.63) is 35.9 Å². The number of nitrogens with zero attached hydrogens (tertiary/aromatic N) is 1. The van der Waals surface area contributed by atoms with Gasteiger partial charge < -0.3 is 14.6 Å². The third-order valence-corrected chi connectivity index (χ3v) is 5.49. The van der Waals surface area contributed by atoms with E-state index in [-0.39, 0.29) is 23.5 Å². The van der Waals surface area contributed by atoms with Crippen molar-refractivity contribution in [1.82, 2.24) is 4.90 Å². The summed E-state index contributed by atoms with van der Waals surface area (Å²) in [6.07, 6.45) is 0.815. The molecule has 0 saturated carbocycles. The first kappa shape index (κ1) is 30.6. The molecule has 0 aromatic heterocycles. The van der Waals surface area contributed by atoms with Gasteiger partial charge in [0, 0.05) is 5.92 Å². The molecule has 35 heavy (non-hydrogen) atoms. The van der Waals surface area contributed by atoms with Crippen LogP contribution >= 0.6 is 0 Å². The first-order valence-electron chi connectivity index (χ1n) is 12.6. The summed E-state index contributed by atoms with van der Waals surface area (Å²) >= 11 is 0. The Labute approximate surface area is 211 Å². The summed E-state index contributed by atoms with van der Waals surface area (Å²) in [5.41, 5.74) is 0.786. The zero-order valence-corrected chi connectivity index (χ0v) is 23.0. The SMILES string of the molecule is CC(C)(C)OC(C)(C)C.CCC[C@@H](C)C[C@@H](CC(=O)O)C(=O)N1C(=O)O[C@@H](c2ccccc2)[C@H]1C. The number of carbonyl (C=O) groups excluding carboxylic acids is 2. The quantitative estimate of drug-likeness (QED) is 0.440. The van der Waals surface area contributed by atoms with Crippen LogP contribution in [0.25, 0.3) is 0 Å². The van der Waals surface area contributed by atoms with Crippen molar-refractivity contribution in [2.45, 2.75) is 111 Å². The van der Waals surface area contributed by atoms with Gasteiger partial charge in [0.2, 0.25) is 5.91 Å². The van der Waals surface area contributed by atoms with E-state index in [9.17, 15) is 19.5 Å². The van der Waals surface area contributed by atoms with Crippen LogP contribution in [0.3, 0.4) is 0 Å². The minimum absolute atomic E-state index is 0.0156. The highest BCUT2D eigenvalue weighted by atomic mass is 16.6. The van der Waals surface area contributed by atoms with Crippen LogP contribution in [0, 0.1) is 11.8 Å². The molecule has 7 heteroatoms. The topological polar surface area (TPSA) is 93.1 Å². The summed E-state index contributed by atoms with van der Waals surface area (Å²) in [4.78, 5) is 37.7. The number of carboxylic acids is 1. The molecule has 7 nitrogen and oxygen atoms in total. The molecule has 0 spiro atoms. The fourth-order valence-corrected chi connectivity index (χ4v) is 4.54. The lowest BCUT2D eigenvalue weighted by Gasteiger charge is -2.30. The van der Waals surface area contributed by atoms with Crippen LogP contribution in [0.4, 0.5) is 4.79 Å². The highest BCUT2D eigenvalue weighted by Crippen LogP contribution is 2.34. The number of rotatable bonds is 8. The summed E-state index contributed by atoms with van der Waals surface area (Å²) in [6, 6.07) is 8.78. The van der Waals surface area contributed by atoms with Crippen molar-refractivity contribution in [3.8, 4) is 0 Å². The van der Waals surface area contributed by atoms with Crippen molar-refractivity contribution in [2.24, 2.45) is 11.8 Å². The molecule has 1 heterocycles. The van der Waals surface area contributed by atoms with Gasteiger partial charge in [-0.1, -0.05) is 57.0 Å². The number of imide groups is 1. The molecule has 1 aliphatic heterocycles. The molecule has 2 amide bonds. The Kier molecular flexibility index (Phi) is 11.4. The lowest BCUT2D eigenvalue weighted by molar-refractivity contribution is -0.144. The maximum absolute atomic E-state index is 13.0. The summed E-state index contributed by atoms with van der Waals surface area (Å²) in [7, 11) is 0. The van der Waals surface area contributed by atoms with Crippen molar-refractivity contribution in [3.63, 3.8) is 0 Å². The molecule has 0 unspecified atom stereocenters. The van der Waals surface area contributed by atoms with E-state index in [1.54, 1.807) is 6.92 Å². The van der Waals surface area contributed by atoms with Crippen LogP contribution in [0.5, 0.6) is 0 Å². The van der Waals surface area contributed by atoms with E-state index in [4.69, 9.17) is 9.47 Å². The first-order chi connectivity index (χ1) is 16.1. The smallest absolute Gasteiger partial charge is 0.417 e. The Morgan fingerprint density at radius 2 is 1.63 bits per heavy atom. The number of cyclic esters (lactones) is 1. The van der Waals surface area contributed by atoms with E-state index < -0.39 is 36.0 Å². The van der Waals surface area contributed by atoms with Gasteiger partial charge in [-0.25, -0.2) is 9.69 Å². The van der Waals surface area contributed by atoms with Crippen LogP contribution in [-0.2, 0) is 19.1 Å². The Hall–Kier alpha value is -2.41. The predicted octanol–water partition coefficient (Wildman–Crippen LogP) is 6.61. The number of aliphatic carboxylic acids is 1. The second kappa shape index (κ2) is 13.1. The molecule has 198 valence electrons. The lowest BCUT2D eigenvalue weighted by atomic mass is 9.89. The minimum Gasteiger partial charge on any atom is -0.481 e. The average Bonchev–Trinajstić information content (AvgIpc) is 2.99. The van der Waals surface area contributed by atoms with Gasteiger partial charge in [0.05, 0.1) is 23.7 Å². The predicted molar refractivity (Wildman–Crippen MR) is 137 cm³/mol. The molecule has 2 rings (SSSR count). The number of amides is 2. The number of benzene rings is 1. The maximum Gasteiger partial charge on any atom is 0.417 e. The van der Waals surface area contributed by atoms with Gasteiger partial charge in [-0.15, -0.1) is 0 Å². The Morgan fingerprint density at radius 1 is 1.09 bits per heavy atom. The number of hydrogen-bond acceptors (Lipinski definition) is 5. The van der Waals surface area contributed by atoms with Gasteiger partial charge in [-0.05, 0) is 66.4 Å². The third-order valence-electron chi connectivity index (χ3n) is 5.49. The van der Waals surface area contributed by atoms with Gasteiger partial charge in [0.15, 0.2) is 0 Å². The average molecular weight is 492 g/mol. The van der Waals surface area contributed by atoms with Gasteiger partial charge in [0.1, 0.15) is 6.10 Å². The second-order valence-electron chi connectivity index (χ2n) is 11.4. The minimum atomic E-state index is -1.04. The van der Waals surface area contributed by atoms with E-state index in [0.29, 0.717) is 6.42 Å². The molecular formula is C28H45NO6. The highest BCUT2D eigenvalue weighted by molar-refractivity contribution is 5.96. The zero-order chi connectivity index (χ0) is 27.0. The summed E-state index contributed by atoms with van der Waals surface area (Å²) in [5, 5.41) is 9.19. The van der Waals surface area contributed by atoms with Crippen molar-refractivity contribution < 1.29 is 29.0 Å². The number of carbonyl (C=O) groups is 3. The van der Waals surface area contributed by atoms with Crippen LogP contribution in [0.2, 0.25) is 0 Å². The van der Waals surface area contributed by atoms with E-state index in [0.717, 1.165) is 23.3 Å². The molecule has 4 atom stereocenters. The molecule has 0 bridgehead atoms. The second-order valence-corrected chi connectivity index (χ2v) is 11.4. The Morgan fingerprint density at radius 3 is 2.06 bits per heavy atom. The fourth-order valence-electron chi connectivity index (χ4n) is 4.54. The van der Waals surface area contributed by atoms with Crippen LogP contribution in [0.1, 0.15) is 99.7 Å². The van der Waals surface area contributed by atoms with Gasteiger partial charge >= 0.3 is 12.1 Å². The standard InChI is InChI=1S/C20H27NO5.C8H18O/c1-4-8-13(2)11-16(12-17(22)23)19(24)21-14(3)18(26-20(21)25)15-9-6-5-7-10-15;1-7(2,3)9-8(4,5)6/h5-7,9-10,13-14,16,18H,4,8,11-12H2,1-3H3,(H,22,23);1-6H3/t13-,14-,16+,18-;/m1./s1. The molecule has 0 radical (unpaired) electrons. The van der Waals surface area contributed by atoms with Crippen molar-refractivity contribution in [2.75, 3.05) is 0 Å². The molecule has 0 aliphatic carbocycles. The van der Waals surface area contributed by atoms with Crippen LogP contribution in [-0.4, -0.2) is 45.2 Å². The van der Waals surface area contributed by atoms with Crippen LogP contribution < -0.4 is 0 Å². The fraction of sp³-hybridized carbons (Fsp3) is 0.679. The van der Waals surface area contributed by atoms with Crippen molar-refractivity contribution in [1.29, 1.82) is 0 Å². The third kappa shape index (κ3) is 10.8. The van der Waals surface area contributed by atoms with E-state index in [2.05, 4.69) is 48.5 Å². The molecule has 1 saturated heterocycles. The van der Waals surface area contributed by atoms with Crippen molar-refractivity contribution >= 4 is 18.0 Å². The number of ether oxygens (including phenoxy) is 2. The molecule has 1 aromatic carbocycles. The molecule has 1 N–H and O–H groups in total. The maximum atomic E-state index is 13.0. The largest absolute Gasteiger partial charge is 0.481 e. The number of carboxylic acid groups (broad SMARTS) is 1.